The quantitative estimate of drug-likeness (QED) is 0.635. The van der Waals surface area contributed by atoms with Crippen LogP contribution in [0.1, 0.15) is 72.1 Å². The van der Waals surface area contributed by atoms with Gasteiger partial charge in [-0.2, -0.15) is 0 Å². The molecule has 3 N–H and O–H groups in total. The van der Waals surface area contributed by atoms with Gasteiger partial charge in [0.15, 0.2) is 0 Å². The van der Waals surface area contributed by atoms with Gasteiger partial charge in [0.05, 0.1) is 17.8 Å². The molecule has 0 spiro atoms. The summed E-state index contributed by atoms with van der Waals surface area (Å²) in [7, 11) is 0. The maximum atomic E-state index is 16.7. The smallest absolute Gasteiger partial charge is 0.145 e. The minimum absolute atomic E-state index is 0.144. The van der Waals surface area contributed by atoms with Crippen molar-refractivity contribution in [3.8, 4) is 0 Å². The Balaban J connectivity index is 1.76. The molecule has 0 radical (unpaired) electrons. The first kappa shape index (κ1) is 17.2. The van der Waals surface area contributed by atoms with Crippen LogP contribution < -0.4 is 0 Å². The molecule has 24 heavy (non-hydrogen) atoms. The van der Waals surface area contributed by atoms with Crippen molar-refractivity contribution in [2.24, 2.45) is 28.6 Å². The Morgan fingerprint density at radius 2 is 1.58 bits per heavy atom. The predicted molar refractivity (Wildman–Crippen MR) is 90.1 cm³/mol. The van der Waals surface area contributed by atoms with Crippen LogP contribution in [0.2, 0.25) is 0 Å². The van der Waals surface area contributed by atoms with Gasteiger partial charge in [0, 0.05) is 10.8 Å². The molecule has 0 amide bonds. The van der Waals surface area contributed by atoms with Crippen LogP contribution in [-0.2, 0) is 0 Å². The normalized spacial score (nSPS) is 63.4. The summed E-state index contributed by atoms with van der Waals surface area (Å²) >= 11 is 0. The van der Waals surface area contributed by atoms with Gasteiger partial charge < -0.3 is 15.3 Å². The number of alkyl halides is 1. The molecule has 0 heterocycles. The van der Waals surface area contributed by atoms with Gasteiger partial charge in [-0.1, -0.05) is 13.8 Å². The van der Waals surface area contributed by atoms with Gasteiger partial charge in [-0.3, -0.25) is 0 Å². The van der Waals surface area contributed by atoms with Crippen LogP contribution in [-0.4, -0.2) is 38.8 Å². The molecular formula is C20H33FO3. The van der Waals surface area contributed by atoms with E-state index in [4.69, 9.17) is 0 Å². The molecule has 0 aromatic heterocycles. The van der Waals surface area contributed by atoms with Crippen molar-refractivity contribution in [2.45, 2.75) is 95.6 Å². The van der Waals surface area contributed by atoms with Crippen LogP contribution in [0.25, 0.3) is 0 Å². The molecule has 0 aliphatic heterocycles. The van der Waals surface area contributed by atoms with E-state index in [9.17, 15) is 15.3 Å². The van der Waals surface area contributed by atoms with Gasteiger partial charge in [-0.05, 0) is 76.0 Å². The Bertz CT molecular complexity index is 537. The number of hydrogen-bond donors (Lipinski definition) is 3. The van der Waals surface area contributed by atoms with Crippen molar-refractivity contribution in [3.63, 3.8) is 0 Å². The summed E-state index contributed by atoms with van der Waals surface area (Å²) < 4.78 is 16.7. The number of fused-ring (bicyclic) bond motifs is 5. The second-order valence-corrected chi connectivity index (χ2v) is 10.1. The molecule has 0 saturated heterocycles. The van der Waals surface area contributed by atoms with Crippen LogP contribution in [0.4, 0.5) is 4.39 Å². The van der Waals surface area contributed by atoms with E-state index in [0.29, 0.717) is 32.1 Å². The topological polar surface area (TPSA) is 60.7 Å². The highest BCUT2D eigenvalue weighted by atomic mass is 19.1. The SMILES string of the molecule is C[C@]1(O)CC[C@H]2[C@@H]3CC[C@@H]4C[C@H](O)CC[C@]4(C)[C@@]3(F)[C@@H](O)C[C@@]21C. The summed E-state index contributed by atoms with van der Waals surface area (Å²) in [6.07, 6.45) is 4.24. The van der Waals surface area contributed by atoms with Gasteiger partial charge in [0.25, 0.3) is 0 Å². The zero-order valence-corrected chi connectivity index (χ0v) is 15.3. The third-order valence-corrected chi connectivity index (χ3v) is 9.27. The lowest BCUT2D eigenvalue weighted by molar-refractivity contribution is -0.260. The lowest BCUT2D eigenvalue weighted by Crippen LogP contribution is -2.70. The van der Waals surface area contributed by atoms with Crippen molar-refractivity contribution >= 4 is 0 Å². The van der Waals surface area contributed by atoms with E-state index in [1.807, 2.05) is 13.8 Å². The average molecular weight is 340 g/mol. The van der Waals surface area contributed by atoms with Crippen LogP contribution in [0, 0.1) is 28.6 Å². The summed E-state index contributed by atoms with van der Waals surface area (Å²) in [5.74, 6) is 0.130. The standard InChI is InChI=1S/C20H33FO3/c1-17-8-6-13(22)10-12(17)4-5-15-14-7-9-19(3,24)18(14,2)11-16(23)20(15,17)21/h12-16,22-24H,4-11H2,1-3H3/t12-,13-,14+,15+,16+,17+,18+,19+,20+/m1/s1. The second kappa shape index (κ2) is 4.95. The van der Waals surface area contributed by atoms with Crippen LogP contribution in [0.5, 0.6) is 0 Å². The Kier molecular flexibility index (Phi) is 3.56. The van der Waals surface area contributed by atoms with Gasteiger partial charge in [-0.25, -0.2) is 4.39 Å². The summed E-state index contributed by atoms with van der Waals surface area (Å²) in [6.45, 7) is 5.95. The second-order valence-electron chi connectivity index (χ2n) is 10.1. The van der Waals surface area contributed by atoms with E-state index in [-0.39, 0.29) is 23.9 Å². The number of aliphatic hydroxyl groups is 3. The van der Waals surface area contributed by atoms with Gasteiger partial charge >= 0.3 is 0 Å². The first-order chi connectivity index (χ1) is 11.1. The molecule has 0 unspecified atom stereocenters. The molecular weight excluding hydrogens is 307 g/mol. The summed E-state index contributed by atoms with van der Waals surface area (Å²) in [5.41, 5.74) is -3.35. The van der Waals surface area contributed by atoms with E-state index >= 15 is 4.39 Å². The van der Waals surface area contributed by atoms with Crippen molar-refractivity contribution in [3.05, 3.63) is 0 Å². The summed E-state index contributed by atoms with van der Waals surface area (Å²) in [5, 5.41) is 32.0. The zero-order chi connectivity index (χ0) is 17.5. The molecule has 0 aromatic rings. The lowest BCUT2D eigenvalue weighted by atomic mass is 9.42. The Morgan fingerprint density at radius 3 is 2.29 bits per heavy atom. The monoisotopic (exact) mass is 340 g/mol. The Hall–Kier alpha value is -0.190. The average Bonchev–Trinajstić information content (AvgIpc) is 2.72. The lowest BCUT2D eigenvalue weighted by Gasteiger charge is -2.65. The summed E-state index contributed by atoms with van der Waals surface area (Å²) in [6, 6.07) is 0. The minimum Gasteiger partial charge on any atom is -0.393 e. The van der Waals surface area contributed by atoms with Crippen LogP contribution in [0.15, 0.2) is 0 Å². The molecule has 4 heteroatoms. The van der Waals surface area contributed by atoms with Gasteiger partial charge in [-0.15, -0.1) is 0 Å². The fourth-order valence-corrected chi connectivity index (χ4v) is 7.46. The minimum atomic E-state index is -1.58. The van der Waals surface area contributed by atoms with Crippen molar-refractivity contribution in [1.82, 2.24) is 0 Å². The fraction of sp³-hybridized carbons (Fsp3) is 1.00. The Labute approximate surface area is 144 Å². The van der Waals surface area contributed by atoms with Crippen molar-refractivity contribution in [1.29, 1.82) is 0 Å². The predicted octanol–water partition coefficient (Wildman–Crippen LogP) is 3.20. The maximum absolute atomic E-state index is 16.7. The van der Waals surface area contributed by atoms with Crippen LogP contribution in [0.3, 0.4) is 0 Å². The van der Waals surface area contributed by atoms with E-state index in [1.165, 1.54) is 0 Å². The molecule has 4 fully saturated rings. The van der Waals surface area contributed by atoms with E-state index < -0.39 is 28.2 Å². The number of rotatable bonds is 0. The largest absolute Gasteiger partial charge is 0.393 e. The first-order valence-corrected chi connectivity index (χ1v) is 9.84. The molecule has 138 valence electrons. The zero-order valence-electron chi connectivity index (χ0n) is 15.3. The van der Waals surface area contributed by atoms with E-state index in [0.717, 1.165) is 19.3 Å². The molecule has 4 aliphatic carbocycles. The molecule has 3 nitrogen and oxygen atoms in total. The highest BCUT2D eigenvalue weighted by Gasteiger charge is 2.73. The Morgan fingerprint density at radius 1 is 0.875 bits per heavy atom. The van der Waals surface area contributed by atoms with Crippen molar-refractivity contribution in [2.75, 3.05) is 0 Å². The van der Waals surface area contributed by atoms with Gasteiger partial charge in [0.1, 0.15) is 5.67 Å². The molecule has 4 saturated carbocycles. The highest BCUT2D eigenvalue weighted by Crippen LogP contribution is 2.70. The van der Waals surface area contributed by atoms with E-state index in [2.05, 4.69) is 6.92 Å². The van der Waals surface area contributed by atoms with Crippen LogP contribution >= 0.6 is 0 Å². The number of aliphatic hydroxyl groups excluding tert-OH is 2. The number of hydrogen-bond acceptors (Lipinski definition) is 3. The van der Waals surface area contributed by atoms with E-state index in [1.54, 1.807) is 0 Å². The molecule has 0 aromatic carbocycles. The third-order valence-electron chi connectivity index (χ3n) is 9.27. The first-order valence-electron chi connectivity index (χ1n) is 9.84. The summed E-state index contributed by atoms with van der Waals surface area (Å²) in [4.78, 5) is 0. The maximum Gasteiger partial charge on any atom is 0.145 e. The molecule has 4 rings (SSSR count). The fourth-order valence-electron chi connectivity index (χ4n) is 7.46. The third kappa shape index (κ3) is 1.83. The molecule has 4 aliphatic rings. The molecule has 0 bridgehead atoms. The van der Waals surface area contributed by atoms with Crippen molar-refractivity contribution < 1.29 is 19.7 Å². The highest BCUT2D eigenvalue weighted by molar-refractivity contribution is 5.22. The van der Waals surface area contributed by atoms with Gasteiger partial charge in [0.2, 0.25) is 0 Å². The molecule has 9 atom stereocenters. The number of halogens is 1.